The average molecular weight is 475 g/mol. The Labute approximate surface area is 200 Å². The molecular weight excluding hydrogens is 453 g/mol. The highest BCUT2D eigenvalue weighted by atomic mass is 19.1. The number of nitrogens with two attached hydrogens (primary N) is 1. The minimum absolute atomic E-state index is 0.0387. The maximum atomic E-state index is 14.7. The van der Waals surface area contributed by atoms with E-state index in [0.717, 1.165) is 5.56 Å². The fourth-order valence-corrected chi connectivity index (χ4v) is 3.88. The summed E-state index contributed by atoms with van der Waals surface area (Å²) in [7, 11) is 0. The molecule has 2 aromatic heterocycles. The quantitative estimate of drug-likeness (QED) is 0.418. The third-order valence-electron chi connectivity index (χ3n) is 5.41. The monoisotopic (exact) mass is 475 g/mol. The fourth-order valence-electron chi connectivity index (χ4n) is 3.88. The van der Waals surface area contributed by atoms with E-state index in [0.29, 0.717) is 29.5 Å². The number of hydrogen-bond acceptors (Lipinski definition) is 8. The summed E-state index contributed by atoms with van der Waals surface area (Å²) in [6, 6.07) is 6.36. The number of nitrogens with one attached hydrogen (secondary N) is 2. The molecule has 0 fully saturated rings. The number of aliphatic imine (C=N–C) groups is 1. The molecule has 4 heterocycles. The molecule has 0 radical (unpaired) electrons. The van der Waals surface area contributed by atoms with Gasteiger partial charge in [0, 0.05) is 24.0 Å². The van der Waals surface area contributed by atoms with Crippen LogP contribution in [-0.2, 0) is 6.54 Å². The summed E-state index contributed by atoms with van der Waals surface area (Å²) in [6.07, 6.45) is 2.65. The summed E-state index contributed by atoms with van der Waals surface area (Å²) in [5, 5.41) is 9.92. The van der Waals surface area contributed by atoms with Crippen LogP contribution in [0.3, 0.4) is 0 Å². The van der Waals surface area contributed by atoms with Gasteiger partial charge in [0.05, 0.1) is 23.4 Å². The van der Waals surface area contributed by atoms with Crippen molar-refractivity contribution in [1.29, 1.82) is 0 Å². The molecule has 0 spiro atoms. The second kappa shape index (κ2) is 8.50. The number of fused-ring (bicyclic) bond motifs is 3. The summed E-state index contributed by atoms with van der Waals surface area (Å²) in [6.45, 7) is 3.54. The predicted octanol–water partition coefficient (Wildman–Crippen LogP) is 1.25. The average Bonchev–Trinajstić information content (AvgIpc) is 3.40. The largest absolute Gasteiger partial charge is 0.491 e. The Kier molecular flexibility index (Phi) is 5.47. The number of primary amides is 1. The van der Waals surface area contributed by atoms with E-state index < -0.39 is 23.5 Å². The highest BCUT2D eigenvalue weighted by Gasteiger charge is 2.33. The molecule has 0 saturated heterocycles. The zero-order chi connectivity index (χ0) is 24.7. The van der Waals surface area contributed by atoms with E-state index in [1.54, 1.807) is 23.0 Å². The molecule has 11 heteroatoms. The van der Waals surface area contributed by atoms with Crippen molar-refractivity contribution in [1.82, 2.24) is 25.4 Å². The van der Waals surface area contributed by atoms with Gasteiger partial charge in [-0.1, -0.05) is 11.8 Å². The van der Waals surface area contributed by atoms with Crippen LogP contribution >= 0.6 is 0 Å². The number of pyridine rings is 1. The van der Waals surface area contributed by atoms with Crippen molar-refractivity contribution in [2.75, 3.05) is 6.61 Å². The van der Waals surface area contributed by atoms with Crippen molar-refractivity contribution >= 4 is 11.7 Å². The molecule has 178 valence electrons. The number of hydrazine groups is 1. The minimum Gasteiger partial charge on any atom is -0.491 e. The number of carbonyl (C=O) groups is 1. The van der Waals surface area contributed by atoms with E-state index in [1.165, 1.54) is 26.0 Å². The number of amides is 1. The number of ether oxygens (including phenoxy) is 1. The van der Waals surface area contributed by atoms with Crippen LogP contribution in [0.1, 0.15) is 47.3 Å². The summed E-state index contributed by atoms with van der Waals surface area (Å²) in [5.74, 6) is 5.14. The lowest BCUT2D eigenvalue weighted by atomic mass is 10.1. The van der Waals surface area contributed by atoms with Gasteiger partial charge in [-0.3, -0.25) is 9.78 Å². The topological polar surface area (TPSA) is 140 Å². The number of carbonyl (C=O) groups excluding carboxylic acids is 1. The van der Waals surface area contributed by atoms with Crippen LogP contribution in [-0.4, -0.2) is 43.6 Å². The van der Waals surface area contributed by atoms with E-state index >= 15 is 0 Å². The van der Waals surface area contributed by atoms with Crippen LogP contribution < -0.4 is 21.3 Å². The van der Waals surface area contributed by atoms with Gasteiger partial charge in [0.2, 0.25) is 0 Å². The van der Waals surface area contributed by atoms with E-state index in [1.807, 2.05) is 6.07 Å². The Bertz CT molecular complexity index is 1410. The third kappa shape index (κ3) is 4.32. The first-order chi connectivity index (χ1) is 16.7. The molecule has 0 saturated carbocycles. The summed E-state index contributed by atoms with van der Waals surface area (Å²) < 4.78 is 22.3. The summed E-state index contributed by atoms with van der Waals surface area (Å²) >= 11 is 0. The van der Waals surface area contributed by atoms with Crippen molar-refractivity contribution in [3.8, 4) is 29.0 Å². The molecule has 1 atom stereocenters. The summed E-state index contributed by atoms with van der Waals surface area (Å²) in [5.41, 5.74) is 12.2. The lowest BCUT2D eigenvalue weighted by molar-refractivity contribution is 0.0994. The van der Waals surface area contributed by atoms with Crippen LogP contribution in [0.5, 0.6) is 5.75 Å². The van der Waals surface area contributed by atoms with Crippen LogP contribution in [0.2, 0.25) is 0 Å². The molecule has 0 bridgehead atoms. The molecule has 1 amide bonds. The molecule has 10 nitrogen and oxygen atoms in total. The number of benzene rings is 1. The Hall–Kier alpha value is -4.27. The molecule has 1 aromatic carbocycles. The molecule has 2 aliphatic heterocycles. The number of amidine groups is 1. The van der Waals surface area contributed by atoms with Crippen molar-refractivity contribution in [2.24, 2.45) is 10.7 Å². The van der Waals surface area contributed by atoms with Crippen LogP contribution in [0, 0.1) is 17.7 Å². The normalized spacial score (nSPS) is 16.6. The maximum Gasteiger partial charge on any atom is 0.269 e. The second-order valence-electron chi connectivity index (χ2n) is 8.56. The first-order valence-electron chi connectivity index (χ1n) is 10.8. The Balaban J connectivity index is 1.64. The van der Waals surface area contributed by atoms with E-state index in [4.69, 9.17) is 10.5 Å². The number of aromatic nitrogens is 3. The zero-order valence-corrected chi connectivity index (χ0v) is 19.0. The second-order valence-corrected chi connectivity index (χ2v) is 8.56. The lowest BCUT2D eigenvalue weighted by Crippen LogP contribution is -2.33. The highest BCUT2D eigenvalue weighted by molar-refractivity contribution is 5.99. The van der Waals surface area contributed by atoms with Crippen molar-refractivity contribution in [2.45, 2.75) is 32.2 Å². The van der Waals surface area contributed by atoms with Gasteiger partial charge < -0.3 is 25.6 Å². The molecule has 2 aliphatic rings. The number of nitrogens with zero attached hydrogens (tertiary/aromatic N) is 4. The van der Waals surface area contributed by atoms with E-state index in [-0.39, 0.29) is 23.6 Å². The van der Waals surface area contributed by atoms with Crippen LogP contribution in [0.25, 0.3) is 11.4 Å². The number of hydrogen-bond donors (Lipinski definition) is 4. The first-order valence-corrected chi connectivity index (χ1v) is 10.8. The van der Waals surface area contributed by atoms with E-state index in [9.17, 15) is 14.3 Å². The van der Waals surface area contributed by atoms with Crippen molar-refractivity contribution in [3.63, 3.8) is 0 Å². The molecular formula is C24H22FN7O3. The Morgan fingerprint density at radius 3 is 2.94 bits per heavy atom. The van der Waals surface area contributed by atoms with E-state index in [2.05, 4.69) is 37.7 Å². The van der Waals surface area contributed by atoms with Gasteiger partial charge >= 0.3 is 0 Å². The minimum atomic E-state index is -1.30. The van der Waals surface area contributed by atoms with Gasteiger partial charge in [0.1, 0.15) is 35.4 Å². The number of imidazole rings is 1. The Morgan fingerprint density at radius 1 is 1.40 bits per heavy atom. The fraction of sp³-hybridized carbons (Fsp3) is 0.250. The molecule has 3 aromatic rings. The molecule has 5 rings (SSSR count). The van der Waals surface area contributed by atoms with Crippen molar-refractivity contribution < 1.29 is 19.0 Å². The predicted molar refractivity (Wildman–Crippen MR) is 125 cm³/mol. The molecule has 5 N–H and O–H groups in total. The first kappa shape index (κ1) is 22.5. The number of aliphatic hydroxyl groups is 1. The SMILES string of the molecule is CC(C)(O)C#Cc1cc2c(cc1F)OCCn1c-2nc(C(N)=O)c1C1N=C(c2cccnc2)NN1. The maximum absolute atomic E-state index is 14.7. The van der Waals surface area contributed by atoms with Crippen LogP contribution in [0.15, 0.2) is 41.7 Å². The number of halogens is 1. The van der Waals surface area contributed by atoms with Gasteiger partial charge in [-0.25, -0.2) is 19.8 Å². The molecule has 1 unspecified atom stereocenters. The molecule has 35 heavy (non-hydrogen) atoms. The van der Waals surface area contributed by atoms with Gasteiger partial charge in [-0.2, -0.15) is 0 Å². The van der Waals surface area contributed by atoms with Crippen LogP contribution in [0.4, 0.5) is 4.39 Å². The lowest BCUT2D eigenvalue weighted by Gasteiger charge is -2.13. The molecule has 0 aliphatic carbocycles. The van der Waals surface area contributed by atoms with Gasteiger partial charge in [-0.15, -0.1) is 0 Å². The number of rotatable bonds is 3. The third-order valence-corrected chi connectivity index (χ3v) is 5.41. The summed E-state index contributed by atoms with van der Waals surface area (Å²) in [4.78, 5) is 25.7. The van der Waals surface area contributed by atoms with Gasteiger partial charge in [-0.05, 0) is 32.0 Å². The van der Waals surface area contributed by atoms with Crippen molar-refractivity contribution in [3.05, 3.63) is 65.0 Å². The van der Waals surface area contributed by atoms with Gasteiger partial charge in [0.25, 0.3) is 5.91 Å². The highest BCUT2D eigenvalue weighted by Crippen LogP contribution is 2.37. The standard InChI is InChI=1S/C24H22FN7O3/c1-24(2,34)6-5-13-10-15-17(11-16(13)25)35-9-8-32-19(18(20(26)33)28-23(15)32)22-29-21(30-31-22)14-4-3-7-27-12-14/h3-4,7,10-12,22,31,34H,8-9H2,1-2H3,(H2,26,33)(H,29,30). The smallest absolute Gasteiger partial charge is 0.269 e. The Morgan fingerprint density at radius 2 is 2.23 bits per heavy atom. The zero-order valence-electron chi connectivity index (χ0n) is 19.0. The van der Waals surface area contributed by atoms with Gasteiger partial charge in [0.15, 0.2) is 11.9 Å².